The number of benzene rings is 2. The maximum absolute atomic E-state index is 4.22. The van der Waals surface area contributed by atoms with Crippen molar-refractivity contribution in [2.24, 2.45) is 10.2 Å². The number of hydrogen-bond acceptors (Lipinski definition) is 4. The average molecular weight is 854 g/mol. The fourth-order valence-electron chi connectivity index (χ4n) is 2.89. The molecular weight excluding hydrogens is 828 g/mol. The third-order valence-corrected chi connectivity index (χ3v) is 6.34. The molecule has 0 aliphatic rings. The van der Waals surface area contributed by atoms with Gasteiger partial charge in [0.1, 0.15) is 0 Å². The van der Waals surface area contributed by atoms with E-state index >= 15 is 0 Å². The molecule has 8 heteroatoms. The van der Waals surface area contributed by atoms with Crippen molar-refractivity contribution in [3.8, 4) is 0 Å². The van der Waals surface area contributed by atoms with E-state index in [1.54, 1.807) is 12.4 Å². The van der Waals surface area contributed by atoms with Crippen LogP contribution in [0.5, 0.6) is 0 Å². The standard InChI is InChI=1S/C22H26I4N4/c23-9-13-29(14-10-24)21-5-1-19(2-6-21)17-27-28-18-20-3-7-22(8-4-20)30(15-11-25)16-12-26/h1-8,17-18H,9-16H2/b27-17+,28-18?. The van der Waals surface area contributed by atoms with Gasteiger partial charge >= 0.3 is 0 Å². The van der Waals surface area contributed by atoms with Gasteiger partial charge in [-0.15, -0.1) is 0 Å². The minimum absolute atomic E-state index is 1.06. The molecule has 0 radical (unpaired) electrons. The van der Waals surface area contributed by atoms with Gasteiger partial charge < -0.3 is 9.80 Å². The molecular formula is C22H26I4N4. The van der Waals surface area contributed by atoms with Crippen LogP contribution in [0.25, 0.3) is 0 Å². The molecule has 162 valence electrons. The number of nitrogens with zero attached hydrogens (tertiary/aromatic N) is 4. The second-order valence-electron chi connectivity index (χ2n) is 6.40. The van der Waals surface area contributed by atoms with Gasteiger partial charge in [0.05, 0.1) is 12.4 Å². The quantitative estimate of drug-likeness (QED) is 0.100. The first-order valence-electron chi connectivity index (χ1n) is 9.72. The SMILES string of the molecule is ICCN(CCI)c1ccc(C=N/N=C/c2ccc(N(CCI)CCI)cc2)cc1. The highest BCUT2D eigenvalue weighted by atomic mass is 127. The molecule has 4 nitrogen and oxygen atoms in total. The Kier molecular flexibility index (Phi) is 14.2. The topological polar surface area (TPSA) is 31.2 Å². The summed E-state index contributed by atoms with van der Waals surface area (Å²) in [5.41, 5.74) is 4.65. The average Bonchev–Trinajstić information content (AvgIpc) is 2.77. The molecule has 0 fully saturated rings. The van der Waals surface area contributed by atoms with Crippen molar-refractivity contribution in [1.82, 2.24) is 0 Å². The van der Waals surface area contributed by atoms with E-state index in [1.807, 2.05) is 0 Å². The molecule has 0 heterocycles. The van der Waals surface area contributed by atoms with E-state index in [0.717, 1.165) is 55.0 Å². The van der Waals surface area contributed by atoms with Gasteiger partial charge in [-0.1, -0.05) is 115 Å². The van der Waals surface area contributed by atoms with E-state index in [0.29, 0.717) is 0 Å². The molecule has 0 saturated heterocycles. The van der Waals surface area contributed by atoms with Crippen LogP contribution in [0.15, 0.2) is 58.7 Å². The number of alkyl halides is 4. The van der Waals surface area contributed by atoms with Crippen LogP contribution in [-0.2, 0) is 0 Å². The molecule has 30 heavy (non-hydrogen) atoms. The van der Waals surface area contributed by atoms with E-state index in [1.165, 1.54) is 11.4 Å². The van der Waals surface area contributed by atoms with Gasteiger partial charge in [-0.25, -0.2) is 0 Å². The van der Waals surface area contributed by atoms with Crippen LogP contribution in [0.1, 0.15) is 11.1 Å². The summed E-state index contributed by atoms with van der Waals surface area (Å²) in [5, 5.41) is 8.43. The van der Waals surface area contributed by atoms with Crippen molar-refractivity contribution >= 4 is 114 Å². The van der Waals surface area contributed by atoms with Crippen molar-refractivity contribution in [2.45, 2.75) is 0 Å². The largest absolute Gasteiger partial charge is 0.370 e. The molecule has 0 aliphatic carbocycles. The first-order chi connectivity index (χ1) is 14.7. The van der Waals surface area contributed by atoms with Crippen LogP contribution >= 0.6 is 90.4 Å². The Hall–Kier alpha value is 0.300. The summed E-state index contributed by atoms with van der Waals surface area (Å²) >= 11 is 9.72. The minimum Gasteiger partial charge on any atom is -0.370 e. The molecule has 0 aliphatic heterocycles. The maximum Gasteiger partial charge on any atom is 0.0568 e. The highest BCUT2D eigenvalue weighted by Crippen LogP contribution is 2.16. The Balaban J connectivity index is 1.94. The van der Waals surface area contributed by atoms with Crippen LogP contribution in [0, 0.1) is 0 Å². The lowest BCUT2D eigenvalue weighted by atomic mass is 10.2. The summed E-state index contributed by atoms with van der Waals surface area (Å²) in [5.74, 6) is 0. The monoisotopic (exact) mass is 854 g/mol. The summed E-state index contributed by atoms with van der Waals surface area (Å²) < 4.78 is 4.51. The molecule has 0 aromatic heterocycles. The first kappa shape index (κ1) is 26.6. The Bertz CT molecular complexity index is 699. The number of rotatable bonds is 13. The highest BCUT2D eigenvalue weighted by molar-refractivity contribution is 14.1. The molecule has 2 aromatic rings. The Labute approximate surface area is 234 Å². The molecule has 0 bridgehead atoms. The third kappa shape index (κ3) is 9.43. The summed E-state index contributed by atoms with van der Waals surface area (Å²) in [7, 11) is 0. The van der Waals surface area contributed by atoms with Gasteiger partial charge in [0.2, 0.25) is 0 Å². The predicted molar refractivity (Wildman–Crippen MR) is 168 cm³/mol. The Morgan fingerprint density at radius 1 is 0.533 bits per heavy atom. The zero-order valence-electron chi connectivity index (χ0n) is 16.7. The molecule has 0 N–H and O–H groups in total. The maximum atomic E-state index is 4.22. The van der Waals surface area contributed by atoms with Crippen LogP contribution in [0.3, 0.4) is 0 Å². The number of anilines is 2. The van der Waals surface area contributed by atoms with Gasteiger partial charge in [-0.05, 0) is 35.4 Å². The second-order valence-corrected chi connectivity index (χ2v) is 10.7. The van der Waals surface area contributed by atoms with Crippen molar-refractivity contribution < 1.29 is 0 Å². The zero-order chi connectivity index (χ0) is 21.6. The molecule has 2 aromatic carbocycles. The Morgan fingerprint density at radius 2 is 0.833 bits per heavy atom. The van der Waals surface area contributed by atoms with Crippen LogP contribution in [0.4, 0.5) is 11.4 Å². The lowest BCUT2D eigenvalue weighted by molar-refractivity contribution is 0.892. The van der Waals surface area contributed by atoms with Crippen molar-refractivity contribution in [1.29, 1.82) is 0 Å². The smallest absolute Gasteiger partial charge is 0.0568 e. The van der Waals surface area contributed by atoms with Gasteiger partial charge in [0.15, 0.2) is 0 Å². The van der Waals surface area contributed by atoms with Crippen molar-refractivity contribution in [3.63, 3.8) is 0 Å². The molecule has 0 spiro atoms. The van der Waals surface area contributed by atoms with E-state index in [9.17, 15) is 0 Å². The first-order valence-corrected chi connectivity index (χ1v) is 15.8. The van der Waals surface area contributed by atoms with E-state index in [4.69, 9.17) is 0 Å². The predicted octanol–water partition coefficient (Wildman–Crippen LogP) is 6.49. The van der Waals surface area contributed by atoms with Crippen LogP contribution < -0.4 is 9.80 Å². The number of hydrogen-bond donors (Lipinski definition) is 0. The fraction of sp³-hybridized carbons (Fsp3) is 0.364. The second kappa shape index (κ2) is 16.0. The third-order valence-electron chi connectivity index (χ3n) is 4.41. The zero-order valence-corrected chi connectivity index (χ0v) is 25.4. The van der Waals surface area contributed by atoms with Crippen molar-refractivity contribution in [3.05, 3.63) is 59.7 Å². The lowest BCUT2D eigenvalue weighted by Crippen LogP contribution is -2.27. The van der Waals surface area contributed by atoms with Gasteiger partial charge in [-0.3, -0.25) is 0 Å². The number of halogens is 4. The normalized spacial score (nSPS) is 11.5. The summed E-state index contributed by atoms with van der Waals surface area (Å²) in [4.78, 5) is 4.84. The lowest BCUT2D eigenvalue weighted by Gasteiger charge is -2.23. The molecule has 0 unspecified atom stereocenters. The summed E-state index contributed by atoms with van der Waals surface area (Å²) in [6, 6.07) is 17.1. The van der Waals surface area contributed by atoms with E-state index in [-0.39, 0.29) is 0 Å². The molecule has 0 amide bonds. The van der Waals surface area contributed by atoms with Crippen molar-refractivity contribution in [2.75, 3.05) is 53.7 Å². The fourth-order valence-corrected chi connectivity index (χ4v) is 5.22. The molecule has 2 rings (SSSR count). The molecule has 0 saturated carbocycles. The highest BCUT2D eigenvalue weighted by Gasteiger charge is 2.05. The Morgan fingerprint density at radius 3 is 1.10 bits per heavy atom. The van der Waals surface area contributed by atoms with Gasteiger partial charge in [-0.2, -0.15) is 10.2 Å². The summed E-state index contributed by atoms with van der Waals surface area (Å²) in [6.45, 7) is 4.31. The van der Waals surface area contributed by atoms with Gasteiger partial charge in [0.25, 0.3) is 0 Å². The minimum atomic E-state index is 1.06. The van der Waals surface area contributed by atoms with E-state index < -0.39 is 0 Å². The van der Waals surface area contributed by atoms with E-state index in [2.05, 4.69) is 159 Å². The molecule has 0 atom stereocenters. The van der Waals surface area contributed by atoms with Crippen LogP contribution in [-0.4, -0.2) is 56.3 Å². The van der Waals surface area contributed by atoms with Gasteiger partial charge in [0, 0.05) is 55.3 Å². The van der Waals surface area contributed by atoms with Crippen LogP contribution in [0.2, 0.25) is 0 Å². The summed E-state index contributed by atoms with van der Waals surface area (Å²) in [6.07, 6.45) is 3.61.